The van der Waals surface area contributed by atoms with Crippen LogP contribution in [-0.2, 0) is 0 Å². The maximum absolute atomic E-state index is 3.78. The lowest BCUT2D eigenvalue weighted by molar-refractivity contribution is 0.447. The third kappa shape index (κ3) is 1.44. The molecule has 0 heterocycles. The molecule has 0 saturated carbocycles. The van der Waals surface area contributed by atoms with Gasteiger partial charge in [-0.15, -0.1) is 6.58 Å². The molecule has 1 rings (SSSR count). The van der Waals surface area contributed by atoms with Gasteiger partial charge >= 0.3 is 0 Å². The summed E-state index contributed by atoms with van der Waals surface area (Å²) in [6, 6.07) is 0. The zero-order valence-corrected chi connectivity index (χ0v) is 6.01. The molecule has 0 saturated heterocycles. The average molecular weight is 122 g/mol. The monoisotopic (exact) mass is 122 g/mol. The smallest absolute Gasteiger partial charge is 0.00304 e. The molecule has 0 aromatic carbocycles. The molecule has 1 aliphatic rings. The van der Waals surface area contributed by atoms with E-state index in [4.69, 9.17) is 0 Å². The minimum Gasteiger partial charge on any atom is -0.102 e. The lowest BCUT2D eigenvalue weighted by atomic mass is 9.86. The lowest BCUT2D eigenvalue weighted by Gasteiger charge is -2.20. The Labute approximate surface area is 57.3 Å². The molecule has 50 valence electrons. The van der Waals surface area contributed by atoms with Crippen LogP contribution >= 0.6 is 0 Å². The van der Waals surface area contributed by atoms with Crippen molar-refractivity contribution in [1.29, 1.82) is 0 Å². The Kier molecular flexibility index (Phi) is 2.10. The van der Waals surface area contributed by atoms with E-state index in [1.54, 1.807) is 0 Å². The molecule has 0 bridgehead atoms. The fourth-order valence-corrected chi connectivity index (χ4v) is 1.31. The predicted octanol–water partition coefficient (Wildman–Crippen LogP) is 2.77. The van der Waals surface area contributed by atoms with Gasteiger partial charge in [-0.05, 0) is 24.7 Å². The first-order chi connectivity index (χ1) is 4.34. The van der Waals surface area contributed by atoms with E-state index in [9.17, 15) is 0 Å². The van der Waals surface area contributed by atoms with Gasteiger partial charge in [-0.25, -0.2) is 0 Å². The SMILES string of the molecule is C=CC1C=CCCC1C. The van der Waals surface area contributed by atoms with Crippen LogP contribution in [-0.4, -0.2) is 0 Å². The van der Waals surface area contributed by atoms with Gasteiger partial charge in [0, 0.05) is 0 Å². The summed E-state index contributed by atoms with van der Waals surface area (Å²) in [6.07, 6.45) is 9.15. The standard InChI is InChI=1S/C9H14/c1-3-9-7-5-4-6-8(9)2/h3,5,7-9H,1,4,6H2,2H3. The molecule has 0 spiro atoms. The number of hydrogen-bond acceptors (Lipinski definition) is 0. The van der Waals surface area contributed by atoms with E-state index in [-0.39, 0.29) is 0 Å². The van der Waals surface area contributed by atoms with Gasteiger partial charge in [0.05, 0.1) is 0 Å². The summed E-state index contributed by atoms with van der Waals surface area (Å²) in [5.41, 5.74) is 0. The zero-order valence-electron chi connectivity index (χ0n) is 6.01. The van der Waals surface area contributed by atoms with E-state index < -0.39 is 0 Å². The topological polar surface area (TPSA) is 0 Å². The van der Waals surface area contributed by atoms with E-state index in [1.165, 1.54) is 12.8 Å². The molecule has 0 aromatic rings. The van der Waals surface area contributed by atoms with Gasteiger partial charge in [0.15, 0.2) is 0 Å². The highest BCUT2D eigenvalue weighted by Crippen LogP contribution is 2.24. The highest BCUT2D eigenvalue weighted by Gasteiger charge is 2.12. The van der Waals surface area contributed by atoms with Crippen molar-refractivity contribution in [2.24, 2.45) is 11.8 Å². The van der Waals surface area contributed by atoms with Gasteiger partial charge < -0.3 is 0 Å². The summed E-state index contributed by atoms with van der Waals surface area (Å²) in [5.74, 6) is 1.45. The third-order valence-electron chi connectivity index (χ3n) is 2.08. The van der Waals surface area contributed by atoms with Crippen molar-refractivity contribution in [2.45, 2.75) is 19.8 Å². The minimum absolute atomic E-state index is 0.638. The average Bonchev–Trinajstić information content (AvgIpc) is 1.89. The second-order valence-electron chi connectivity index (χ2n) is 2.80. The van der Waals surface area contributed by atoms with Crippen molar-refractivity contribution in [1.82, 2.24) is 0 Å². The van der Waals surface area contributed by atoms with E-state index in [0.29, 0.717) is 5.92 Å². The Morgan fingerprint density at radius 2 is 2.44 bits per heavy atom. The van der Waals surface area contributed by atoms with Crippen LogP contribution in [0.4, 0.5) is 0 Å². The molecule has 0 amide bonds. The lowest BCUT2D eigenvalue weighted by Crippen LogP contribution is -2.08. The van der Waals surface area contributed by atoms with Crippen LogP contribution in [0.3, 0.4) is 0 Å². The third-order valence-corrected chi connectivity index (χ3v) is 2.08. The van der Waals surface area contributed by atoms with Crippen LogP contribution in [0.25, 0.3) is 0 Å². The Morgan fingerprint density at radius 3 is 2.89 bits per heavy atom. The van der Waals surface area contributed by atoms with Gasteiger partial charge in [-0.2, -0.15) is 0 Å². The number of hydrogen-bond donors (Lipinski definition) is 0. The van der Waals surface area contributed by atoms with Gasteiger partial charge in [0.25, 0.3) is 0 Å². The summed E-state index contributed by atoms with van der Waals surface area (Å²) in [5, 5.41) is 0. The van der Waals surface area contributed by atoms with Crippen molar-refractivity contribution < 1.29 is 0 Å². The molecule has 0 aliphatic heterocycles. The minimum atomic E-state index is 0.638. The summed E-state index contributed by atoms with van der Waals surface area (Å²) in [6.45, 7) is 6.07. The van der Waals surface area contributed by atoms with Crippen LogP contribution in [0.5, 0.6) is 0 Å². The van der Waals surface area contributed by atoms with Crippen LogP contribution in [0, 0.1) is 11.8 Å². The van der Waals surface area contributed by atoms with E-state index >= 15 is 0 Å². The number of allylic oxidation sites excluding steroid dienone is 3. The fourth-order valence-electron chi connectivity index (χ4n) is 1.31. The molecule has 0 aromatic heterocycles. The van der Waals surface area contributed by atoms with Crippen LogP contribution < -0.4 is 0 Å². The van der Waals surface area contributed by atoms with Gasteiger partial charge in [0.2, 0.25) is 0 Å². The second kappa shape index (κ2) is 2.86. The number of rotatable bonds is 1. The second-order valence-corrected chi connectivity index (χ2v) is 2.80. The largest absolute Gasteiger partial charge is 0.102 e. The molecule has 0 N–H and O–H groups in total. The van der Waals surface area contributed by atoms with Crippen LogP contribution in [0.1, 0.15) is 19.8 Å². The first-order valence-corrected chi connectivity index (χ1v) is 3.64. The zero-order chi connectivity index (χ0) is 6.69. The maximum atomic E-state index is 3.78. The van der Waals surface area contributed by atoms with Crippen molar-refractivity contribution in [2.75, 3.05) is 0 Å². The van der Waals surface area contributed by atoms with Gasteiger partial charge in [-0.1, -0.05) is 25.2 Å². The maximum Gasteiger partial charge on any atom is -0.00304 e. The molecule has 0 fully saturated rings. The molecule has 1 aliphatic carbocycles. The summed E-state index contributed by atoms with van der Waals surface area (Å²) >= 11 is 0. The first kappa shape index (κ1) is 6.60. The molecule has 9 heavy (non-hydrogen) atoms. The van der Waals surface area contributed by atoms with E-state index in [0.717, 1.165) is 5.92 Å². The van der Waals surface area contributed by atoms with Crippen molar-refractivity contribution >= 4 is 0 Å². The summed E-state index contributed by atoms with van der Waals surface area (Å²) in [4.78, 5) is 0. The van der Waals surface area contributed by atoms with Crippen LogP contribution in [0.15, 0.2) is 24.8 Å². The first-order valence-electron chi connectivity index (χ1n) is 3.64. The normalized spacial score (nSPS) is 34.3. The highest BCUT2D eigenvalue weighted by atomic mass is 14.2. The predicted molar refractivity (Wildman–Crippen MR) is 41.2 cm³/mol. The molecule has 2 unspecified atom stereocenters. The molecule has 0 heteroatoms. The molecular weight excluding hydrogens is 108 g/mol. The van der Waals surface area contributed by atoms with Gasteiger partial charge in [-0.3, -0.25) is 0 Å². The summed E-state index contributed by atoms with van der Waals surface area (Å²) in [7, 11) is 0. The molecule has 0 radical (unpaired) electrons. The van der Waals surface area contributed by atoms with Crippen molar-refractivity contribution in [3.05, 3.63) is 24.8 Å². The van der Waals surface area contributed by atoms with Crippen LogP contribution in [0.2, 0.25) is 0 Å². The Bertz CT molecular complexity index is 122. The highest BCUT2D eigenvalue weighted by molar-refractivity contribution is 5.02. The van der Waals surface area contributed by atoms with Crippen molar-refractivity contribution in [3.63, 3.8) is 0 Å². The fraction of sp³-hybridized carbons (Fsp3) is 0.556. The molecule has 2 atom stereocenters. The Hall–Kier alpha value is -0.520. The quantitative estimate of drug-likeness (QED) is 0.469. The molecular formula is C9H14. The Morgan fingerprint density at radius 1 is 1.67 bits per heavy atom. The van der Waals surface area contributed by atoms with E-state index in [2.05, 4.69) is 25.7 Å². The van der Waals surface area contributed by atoms with Crippen molar-refractivity contribution in [3.8, 4) is 0 Å². The van der Waals surface area contributed by atoms with Gasteiger partial charge in [0.1, 0.15) is 0 Å². The summed E-state index contributed by atoms with van der Waals surface area (Å²) < 4.78 is 0. The Balaban J connectivity index is 2.56. The van der Waals surface area contributed by atoms with E-state index in [1.807, 2.05) is 6.08 Å². The molecule has 0 nitrogen and oxygen atoms in total.